The Bertz CT molecular complexity index is 969. The fourth-order valence-corrected chi connectivity index (χ4v) is 7.32. The van der Waals surface area contributed by atoms with Gasteiger partial charge in [-0.1, -0.05) is 180 Å². The molecular weight excluding hydrogens is 725 g/mol. The lowest BCUT2D eigenvalue weighted by atomic mass is 10.0. The van der Waals surface area contributed by atoms with Crippen LogP contribution in [0.1, 0.15) is 219 Å². The minimum atomic E-state index is -4.62. The van der Waals surface area contributed by atoms with Crippen LogP contribution in [0, 0.1) is 0 Å². The Labute approximate surface area is 346 Å². The first kappa shape index (κ1) is 54.8. The van der Waals surface area contributed by atoms with E-state index in [1.54, 1.807) is 0 Å². The number of allylic oxidation sites excluding steroid dienone is 2. The van der Waals surface area contributed by atoms with E-state index in [0.29, 0.717) is 23.9 Å². The van der Waals surface area contributed by atoms with Crippen LogP contribution >= 0.6 is 7.82 Å². The third-order valence-corrected chi connectivity index (χ3v) is 11.2. The lowest BCUT2D eigenvalue weighted by Gasteiger charge is -2.28. The summed E-state index contributed by atoms with van der Waals surface area (Å²) in [4.78, 5) is 37.6. The van der Waals surface area contributed by atoms with Crippen molar-refractivity contribution >= 4 is 19.8 Å². The van der Waals surface area contributed by atoms with Crippen LogP contribution in [0.2, 0.25) is 0 Å². The highest BCUT2D eigenvalue weighted by Crippen LogP contribution is 2.38. The van der Waals surface area contributed by atoms with Crippen LogP contribution in [0.15, 0.2) is 12.2 Å². The molecule has 0 rings (SSSR count). The summed E-state index contributed by atoms with van der Waals surface area (Å²) < 4.78 is 33.9. The molecule has 0 aromatic heterocycles. The summed E-state index contributed by atoms with van der Waals surface area (Å²) in [6.07, 6.45) is 40.9. The largest absolute Gasteiger partial charge is 0.756 e. The molecule has 56 heavy (non-hydrogen) atoms. The number of hydrogen-bond acceptors (Lipinski definition) is 8. The number of carbonyl (C=O) groups excluding carboxylic acids is 2. The van der Waals surface area contributed by atoms with Crippen LogP contribution in [0.4, 0.5) is 0 Å². The average Bonchev–Trinajstić information content (AvgIpc) is 3.15. The first-order valence-electron chi connectivity index (χ1n) is 23.4. The van der Waals surface area contributed by atoms with E-state index < -0.39 is 32.5 Å². The number of rotatable bonds is 43. The van der Waals surface area contributed by atoms with E-state index in [0.717, 1.165) is 32.1 Å². The summed E-state index contributed by atoms with van der Waals surface area (Å²) in [6, 6.07) is 0. The molecule has 0 bridgehead atoms. The Morgan fingerprint density at radius 3 is 1.36 bits per heavy atom. The van der Waals surface area contributed by atoms with E-state index >= 15 is 0 Å². The normalized spacial score (nSPS) is 13.6. The van der Waals surface area contributed by atoms with E-state index in [9.17, 15) is 19.0 Å². The minimum Gasteiger partial charge on any atom is -0.756 e. The van der Waals surface area contributed by atoms with Crippen molar-refractivity contribution < 1.29 is 42.1 Å². The summed E-state index contributed by atoms with van der Waals surface area (Å²) in [7, 11) is 1.17. The van der Waals surface area contributed by atoms with Gasteiger partial charge in [0.1, 0.15) is 19.8 Å². The van der Waals surface area contributed by atoms with Gasteiger partial charge in [-0.25, -0.2) is 0 Å². The molecule has 1 unspecified atom stereocenters. The van der Waals surface area contributed by atoms with Crippen molar-refractivity contribution in [2.45, 2.75) is 225 Å². The van der Waals surface area contributed by atoms with Crippen molar-refractivity contribution in [3.63, 3.8) is 0 Å². The number of hydrogen-bond donors (Lipinski definition) is 0. The Morgan fingerprint density at radius 1 is 0.536 bits per heavy atom. The maximum atomic E-state index is 12.7. The molecule has 0 fully saturated rings. The van der Waals surface area contributed by atoms with Gasteiger partial charge in [-0.3, -0.25) is 14.2 Å². The number of ether oxygens (including phenoxy) is 2. The summed E-state index contributed by atoms with van der Waals surface area (Å²) in [6.45, 7) is 4.24. The van der Waals surface area contributed by atoms with Crippen molar-refractivity contribution in [1.29, 1.82) is 0 Å². The molecule has 0 aromatic rings. The zero-order valence-electron chi connectivity index (χ0n) is 37.3. The average molecular weight is 816 g/mol. The summed E-state index contributed by atoms with van der Waals surface area (Å²) in [5, 5.41) is 0. The Hall–Kier alpha value is -1.25. The maximum absolute atomic E-state index is 12.7. The molecule has 0 saturated carbocycles. The van der Waals surface area contributed by atoms with E-state index in [2.05, 4.69) is 26.0 Å². The smallest absolute Gasteiger partial charge is 0.306 e. The molecule has 9 nitrogen and oxygen atoms in total. The number of carbonyl (C=O) groups is 2. The van der Waals surface area contributed by atoms with Gasteiger partial charge < -0.3 is 27.9 Å². The van der Waals surface area contributed by atoms with Gasteiger partial charge in [0.25, 0.3) is 7.82 Å². The molecule has 332 valence electrons. The van der Waals surface area contributed by atoms with Crippen LogP contribution in [0.25, 0.3) is 0 Å². The van der Waals surface area contributed by atoms with Crippen LogP contribution in [0.5, 0.6) is 0 Å². The molecule has 0 aliphatic heterocycles. The number of esters is 2. The van der Waals surface area contributed by atoms with E-state index in [4.69, 9.17) is 18.5 Å². The first-order chi connectivity index (χ1) is 27.0. The second kappa shape index (κ2) is 39.2. The van der Waals surface area contributed by atoms with Crippen molar-refractivity contribution in [2.75, 3.05) is 47.5 Å². The number of likely N-dealkylation sites (N-methyl/N-ethyl adjacent to an activating group) is 1. The molecule has 0 radical (unpaired) electrons. The fourth-order valence-electron chi connectivity index (χ4n) is 6.59. The predicted octanol–water partition coefficient (Wildman–Crippen LogP) is 12.7. The zero-order chi connectivity index (χ0) is 41.4. The van der Waals surface area contributed by atoms with Crippen molar-refractivity contribution in [1.82, 2.24) is 0 Å². The van der Waals surface area contributed by atoms with Gasteiger partial charge in [0, 0.05) is 12.8 Å². The van der Waals surface area contributed by atoms with E-state index in [-0.39, 0.29) is 26.1 Å². The molecule has 0 aliphatic carbocycles. The Kier molecular flexibility index (Phi) is 38.3. The number of phosphoric acid groups is 1. The molecule has 0 N–H and O–H groups in total. The zero-order valence-corrected chi connectivity index (χ0v) is 38.2. The number of quaternary nitrogens is 1. The third kappa shape index (κ3) is 42.4. The highest BCUT2D eigenvalue weighted by molar-refractivity contribution is 7.45. The van der Waals surface area contributed by atoms with E-state index in [1.807, 2.05) is 21.1 Å². The van der Waals surface area contributed by atoms with Crippen LogP contribution < -0.4 is 4.89 Å². The lowest BCUT2D eigenvalue weighted by molar-refractivity contribution is -0.870. The highest BCUT2D eigenvalue weighted by Gasteiger charge is 2.21. The second-order valence-electron chi connectivity index (χ2n) is 17.1. The number of nitrogens with zero attached hydrogens (tertiary/aromatic N) is 1. The molecule has 10 heteroatoms. The Morgan fingerprint density at radius 2 is 0.911 bits per heavy atom. The quantitative estimate of drug-likeness (QED) is 0.0197. The molecule has 0 heterocycles. The first-order valence-corrected chi connectivity index (χ1v) is 24.9. The molecule has 0 saturated heterocycles. The van der Waals surface area contributed by atoms with Crippen molar-refractivity contribution in [2.24, 2.45) is 0 Å². The van der Waals surface area contributed by atoms with Gasteiger partial charge in [-0.05, 0) is 38.5 Å². The van der Waals surface area contributed by atoms with E-state index in [1.165, 1.54) is 148 Å². The predicted molar refractivity (Wildman–Crippen MR) is 231 cm³/mol. The van der Waals surface area contributed by atoms with Crippen molar-refractivity contribution in [3.05, 3.63) is 12.2 Å². The van der Waals surface area contributed by atoms with Gasteiger partial charge in [0.15, 0.2) is 6.10 Å². The fraction of sp³-hybridized carbons (Fsp3) is 0.913. The van der Waals surface area contributed by atoms with Crippen molar-refractivity contribution in [3.8, 4) is 0 Å². The number of unbranched alkanes of at least 4 members (excludes halogenated alkanes) is 27. The molecular formula is C46H90NO8P. The monoisotopic (exact) mass is 816 g/mol. The van der Waals surface area contributed by atoms with Crippen LogP contribution in [-0.2, 0) is 32.7 Å². The highest BCUT2D eigenvalue weighted by atomic mass is 31.2. The van der Waals surface area contributed by atoms with Crippen LogP contribution in [-0.4, -0.2) is 70.0 Å². The SMILES string of the molecule is CCCCCCCCCCC/C=C/CCCCC(=O)OC[C@H](COP(=O)([O-])OCC[N+](C)(C)C)OC(=O)CCCCCCCCCCCCCCCCCCC. The Balaban J connectivity index is 4.31. The second-order valence-corrected chi connectivity index (χ2v) is 18.5. The lowest BCUT2D eigenvalue weighted by Crippen LogP contribution is -2.37. The number of phosphoric ester groups is 1. The molecule has 0 amide bonds. The maximum Gasteiger partial charge on any atom is 0.306 e. The van der Waals surface area contributed by atoms with Gasteiger partial charge in [-0.2, -0.15) is 0 Å². The third-order valence-electron chi connectivity index (χ3n) is 10.3. The molecule has 0 spiro atoms. The molecule has 2 atom stereocenters. The standard InChI is InChI=1S/C46H90NO8P/c1-6-8-10-12-14-16-18-20-22-23-25-27-29-31-33-35-37-39-46(49)55-44(43-54-56(50,51)53-41-40-47(3,4)5)42-52-45(48)38-36-34-32-30-28-26-24-21-19-17-15-13-11-9-7-2/h28,30,44H,6-27,29,31-43H2,1-5H3/b30-28+/t44-/m1/s1. The molecule has 0 aliphatic rings. The van der Waals surface area contributed by atoms with Crippen LogP contribution in [0.3, 0.4) is 0 Å². The van der Waals surface area contributed by atoms with Gasteiger partial charge >= 0.3 is 11.9 Å². The topological polar surface area (TPSA) is 111 Å². The van der Waals surface area contributed by atoms with Gasteiger partial charge in [0.05, 0.1) is 27.7 Å². The van der Waals surface area contributed by atoms with Gasteiger partial charge in [-0.15, -0.1) is 0 Å². The minimum absolute atomic E-state index is 0.0303. The van der Waals surface area contributed by atoms with Gasteiger partial charge in [0.2, 0.25) is 0 Å². The summed E-state index contributed by atoms with van der Waals surface area (Å²) >= 11 is 0. The molecule has 0 aromatic carbocycles. The summed E-state index contributed by atoms with van der Waals surface area (Å²) in [5.74, 6) is -0.848. The summed E-state index contributed by atoms with van der Waals surface area (Å²) in [5.41, 5.74) is 0.